The molecule has 0 aliphatic carbocycles. The van der Waals surface area contributed by atoms with Crippen LogP contribution in [-0.4, -0.2) is 44.2 Å². The van der Waals surface area contributed by atoms with Crippen LogP contribution in [0.25, 0.3) is 0 Å². The molecule has 0 unspecified atom stereocenters. The van der Waals surface area contributed by atoms with Crippen molar-refractivity contribution in [1.82, 2.24) is 5.32 Å². The van der Waals surface area contributed by atoms with E-state index in [1.54, 1.807) is 13.0 Å². The fourth-order valence-corrected chi connectivity index (χ4v) is 1.59. The van der Waals surface area contributed by atoms with E-state index in [4.69, 9.17) is 9.47 Å². The Morgan fingerprint density at radius 3 is 2.48 bits per heavy atom. The number of hydrogen-bond acceptors (Lipinski definition) is 4. The number of carbonyl (C=O) groups excluding carboxylic acids is 1. The summed E-state index contributed by atoms with van der Waals surface area (Å²) in [5, 5.41) is 2.16. The molecule has 0 aliphatic heterocycles. The summed E-state index contributed by atoms with van der Waals surface area (Å²) in [7, 11) is 0. The van der Waals surface area contributed by atoms with Gasteiger partial charge in [0.15, 0.2) is 0 Å². The maximum absolute atomic E-state index is 13.1. The monoisotopic (exact) mass is 367 g/mol. The molecule has 0 saturated carbocycles. The van der Waals surface area contributed by atoms with Gasteiger partial charge in [-0.05, 0) is 32.4 Å². The van der Waals surface area contributed by atoms with E-state index in [0.29, 0.717) is 5.75 Å². The van der Waals surface area contributed by atoms with Crippen LogP contribution in [0, 0.1) is 12.7 Å². The molecule has 142 valence electrons. The van der Waals surface area contributed by atoms with Gasteiger partial charge in [0, 0.05) is 12.6 Å². The summed E-state index contributed by atoms with van der Waals surface area (Å²) < 4.78 is 65.5. The van der Waals surface area contributed by atoms with Crippen LogP contribution in [0.4, 0.5) is 22.4 Å². The standard InChI is InChI=1S/C16H21F4NO4/c1-11-4-5-12(17)10-13(11)24-9-8-23-7-6-21-14(22)25-15(2,3)16(18,19)20/h4-5,10H,6-9H2,1-3H3,(H,21,22). The number of aryl methyl sites for hydroxylation is 1. The average molecular weight is 367 g/mol. The van der Waals surface area contributed by atoms with E-state index in [1.807, 2.05) is 0 Å². The van der Waals surface area contributed by atoms with Gasteiger partial charge in [0.2, 0.25) is 5.60 Å². The minimum absolute atomic E-state index is 0.0221. The van der Waals surface area contributed by atoms with Crippen LogP contribution < -0.4 is 10.1 Å². The number of alkyl halides is 3. The van der Waals surface area contributed by atoms with Crippen molar-refractivity contribution in [3.8, 4) is 5.75 Å². The van der Waals surface area contributed by atoms with Gasteiger partial charge >= 0.3 is 12.3 Å². The van der Waals surface area contributed by atoms with Crippen molar-refractivity contribution < 1.29 is 36.6 Å². The van der Waals surface area contributed by atoms with Crippen molar-refractivity contribution >= 4 is 6.09 Å². The summed E-state index contributed by atoms with van der Waals surface area (Å²) >= 11 is 0. The number of carbonyl (C=O) groups is 1. The van der Waals surface area contributed by atoms with Crippen molar-refractivity contribution in [2.45, 2.75) is 32.5 Å². The van der Waals surface area contributed by atoms with Crippen molar-refractivity contribution in [2.75, 3.05) is 26.4 Å². The number of benzene rings is 1. The van der Waals surface area contributed by atoms with Crippen molar-refractivity contribution in [1.29, 1.82) is 0 Å². The van der Waals surface area contributed by atoms with Crippen LogP contribution >= 0.6 is 0 Å². The lowest BCUT2D eigenvalue weighted by Gasteiger charge is -2.27. The first-order valence-electron chi connectivity index (χ1n) is 7.53. The highest BCUT2D eigenvalue weighted by molar-refractivity contribution is 5.67. The van der Waals surface area contributed by atoms with Crippen LogP contribution in [0.3, 0.4) is 0 Å². The van der Waals surface area contributed by atoms with Gasteiger partial charge < -0.3 is 19.5 Å². The molecule has 0 saturated heterocycles. The lowest BCUT2D eigenvalue weighted by molar-refractivity contribution is -0.243. The van der Waals surface area contributed by atoms with Crippen LogP contribution in [0.1, 0.15) is 19.4 Å². The molecule has 0 atom stereocenters. The zero-order valence-corrected chi connectivity index (χ0v) is 14.2. The Labute approximate surface area is 143 Å². The normalized spacial score (nSPS) is 12.0. The average Bonchev–Trinajstić information content (AvgIpc) is 2.48. The number of nitrogens with one attached hydrogen (secondary N) is 1. The third-order valence-electron chi connectivity index (χ3n) is 3.18. The second-order valence-corrected chi connectivity index (χ2v) is 5.70. The summed E-state index contributed by atoms with van der Waals surface area (Å²) in [5.41, 5.74) is -1.80. The molecule has 0 heterocycles. The van der Waals surface area contributed by atoms with Crippen LogP contribution in [-0.2, 0) is 9.47 Å². The Balaban J connectivity index is 2.16. The first kappa shape index (κ1) is 21.0. The molecule has 0 spiro atoms. The van der Waals surface area contributed by atoms with Gasteiger partial charge in [-0.15, -0.1) is 0 Å². The molecule has 1 N–H and O–H groups in total. The molecule has 1 amide bonds. The highest BCUT2D eigenvalue weighted by Crippen LogP contribution is 2.32. The largest absolute Gasteiger partial charge is 0.491 e. The number of rotatable bonds is 8. The number of amides is 1. The quantitative estimate of drug-likeness (QED) is 0.564. The second-order valence-electron chi connectivity index (χ2n) is 5.70. The third kappa shape index (κ3) is 7.16. The SMILES string of the molecule is Cc1ccc(F)cc1OCCOCCNC(=O)OC(C)(C)C(F)(F)F. The van der Waals surface area contributed by atoms with E-state index in [9.17, 15) is 22.4 Å². The number of hydrogen-bond donors (Lipinski definition) is 1. The van der Waals surface area contributed by atoms with E-state index in [2.05, 4.69) is 10.1 Å². The first-order chi connectivity index (χ1) is 11.5. The Bertz CT molecular complexity index is 576. The molecular formula is C16H21F4NO4. The van der Waals surface area contributed by atoms with E-state index in [0.717, 1.165) is 19.4 Å². The molecule has 25 heavy (non-hydrogen) atoms. The number of halogens is 4. The summed E-state index contributed by atoms with van der Waals surface area (Å²) in [6, 6.07) is 4.17. The lowest BCUT2D eigenvalue weighted by atomic mass is 10.1. The molecule has 9 heteroatoms. The lowest BCUT2D eigenvalue weighted by Crippen LogP contribution is -2.46. The topological polar surface area (TPSA) is 56.8 Å². The van der Waals surface area contributed by atoms with E-state index >= 15 is 0 Å². The van der Waals surface area contributed by atoms with Gasteiger partial charge in [0.25, 0.3) is 0 Å². The molecule has 0 aliphatic rings. The van der Waals surface area contributed by atoms with Crippen molar-refractivity contribution in [3.63, 3.8) is 0 Å². The Hall–Kier alpha value is -2.03. The van der Waals surface area contributed by atoms with Crippen LogP contribution in [0.5, 0.6) is 5.75 Å². The molecule has 1 aromatic carbocycles. The van der Waals surface area contributed by atoms with Gasteiger partial charge in [0.05, 0.1) is 13.2 Å². The molecular weight excluding hydrogens is 346 g/mol. The van der Waals surface area contributed by atoms with Gasteiger partial charge in [-0.25, -0.2) is 9.18 Å². The highest BCUT2D eigenvalue weighted by Gasteiger charge is 2.50. The maximum atomic E-state index is 13.1. The summed E-state index contributed by atoms with van der Waals surface area (Å²) in [6.45, 7) is 3.66. The van der Waals surface area contributed by atoms with Crippen molar-refractivity contribution in [3.05, 3.63) is 29.6 Å². The third-order valence-corrected chi connectivity index (χ3v) is 3.18. The summed E-state index contributed by atoms with van der Waals surface area (Å²) in [5.74, 6) is -0.00861. The van der Waals surface area contributed by atoms with Crippen LogP contribution in [0.2, 0.25) is 0 Å². The molecule has 1 aromatic rings. The molecule has 0 radical (unpaired) electrons. The molecule has 0 bridgehead atoms. The number of alkyl carbamates (subject to hydrolysis) is 1. The molecule has 0 fully saturated rings. The van der Waals surface area contributed by atoms with Gasteiger partial charge in [0.1, 0.15) is 18.2 Å². The fourth-order valence-electron chi connectivity index (χ4n) is 1.59. The minimum atomic E-state index is -4.66. The Morgan fingerprint density at radius 2 is 1.84 bits per heavy atom. The first-order valence-corrected chi connectivity index (χ1v) is 7.53. The zero-order chi connectivity index (χ0) is 19.1. The number of ether oxygens (including phenoxy) is 3. The predicted octanol–water partition coefficient (Wildman–Crippen LogP) is 3.60. The summed E-state index contributed by atoms with van der Waals surface area (Å²) in [4.78, 5) is 11.3. The summed E-state index contributed by atoms with van der Waals surface area (Å²) in [6.07, 6.45) is -5.84. The van der Waals surface area contributed by atoms with E-state index in [-0.39, 0.29) is 26.4 Å². The molecule has 1 rings (SSSR count). The van der Waals surface area contributed by atoms with Crippen molar-refractivity contribution in [2.24, 2.45) is 0 Å². The molecule has 0 aromatic heterocycles. The predicted molar refractivity (Wildman–Crippen MR) is 82.1 cm³/mol. The van der Waals surface area contributed by atoms with E-state index in [1.165, 1.54) is 12.1 Å². The minimum Gasteiger partial charge on any atom is -0.491 e. The Morgan fingerprint density at radius 1 is 1.16 bits per heavy atom. The maximum Gasteiger partial charge on any atom is 0.427 e. The second kappa shape index (κ2) is 8.89. The van der Waals surface area contributed by atoms with Gasteiger partial charge in [-0.2, -0.15) is 13.2 Å². The van der Waals surface area contributed by atoms with Gasteiger partial charge in [-0.1, -0.05) is 6.07 Å². The highest BCUT2D eigenvalue weighted by atomic mass is 19.4. The zero-order valence-electron chi connectivity index (χ0n) is 14.2. The van der Waals surface area contributed by atoms with E-state index < -0.39 is 23.7 Å². The molecule has 5 nitrogen and oxygen atoms in total. The fraction of sp³-hybridized carbons (Fsp3) is 0.562. The van der Waals surface area contributed by atoms with Gasteiger partial charge in [-0.3, -0.25) is 0 Å². The Kier molecular flexibility index (Phi) is 7.47. The van der Waals surface area contributed by atoms with Crippen LogP contribution in [0.15, 0.2) is 18.2 Å². The smallest absolute Gasteiger partial charge is 0.427 e.